The van der Waals surface area contributed by atoms with E-state index in [1.54, 1.807) is 12.0 Å². The van der Waals surface area contributed by atoms with Crippen molar-refractivity contribution in [2.24, 2.45) is 0 Å². The molecule has 0 spiro atoms. The Hall–Kier alpha value is -3.65. The summed E-state index contributed by atoms with van der Waals surface area (Å²) in [6.45, 7) is 9.02. The van der Waals surface area contributed by atoms with Crippen LogP contribution in [0.15, 0.2) is 58.8 Å². The third kappa shape index (κ3) is 5.54. The molecule has 0 radical (unpaired) electrons. The predicted molar refractivity (Wildman–Crippen MR) is 134 cm³/mol. The first-order valence-corrected chi connectivity index (χ1v) is 11.8. The fraction of sp³-hybridized carbons (Fsp3) is 0.370. The van der Waals surface area contributed by atoms with E-state index in [0.717, 1.165) is 28.0 Å². The number of rotatable bonds is 9. The molecule has 1 N–H and O–H groups in total. The molecule has 0 saturated heterocycles. The number of aryl methyl sites for hydroxylation is 1. The molecule has 0 fully saturated rings. The summed E-state index contributed by atoms with van der Waals surface area (Å²) in [5, 5.41) is 7.37. The van der Waals surface area contributed by atoms with E-state index >= 15 is 0 Å². The van der Waals surface area contributed by atoms with Gasteiger partial charge in [-0.05, 0) is 57.9 Å². The second kappa shape index (κ2) is 10.7. The van der Waals surface area contributed by atoms with Crippen molar-refractivity contribution in [3.8, 4) is 17.1 Å². The number of carbonyl (C=O) groups is 1. The van der Waals surface area contributed by atoms with Gasteiger partial charge in [-0.2, -0.15) is 4.98 Å². The lowest BCUT2D eigenvalue weighted by Gasteiger charge is -2.35. The lowest BCUT2D eigenvalue weighted by atomic mass is 9.94. The van der Waals surface area contributed by atoms with Crippen molar-refractivity contribution in [3.63, 3.8) is 0 Å². The Morgan fingerprint density at radius 3 is 2.69 bits per heavy atom. The SMILES string of the molecule is COc1cccc(C2NC(=O)N(CCCOC(C)C)C(C)=C2c2nc(-c3cccc(C)c3)no2)c1. The van der Waals surface area contributed by atoms with Crippen molar-refractivity contribution in [2.45, 2.75) is 46.3 Å². The summed E-state index contributed by atoms with van der Waals surface area (Å²) in [4.78, 5) is 19.6. The fourth-order valence-corrected chi connectivity index (χ4v) is 4.17. The normalized spacial score (nSPS) is 16.1. The minimum atomic E-state index is -0.466. The molecule has 2 heterocycles. The molecule has 8 nitrogen and oxygen atoms in total. The van der Waals surface area contributed by atoms with Crippen LogP contribution in [0, 0.1) is 6.92 Å². The number of urea groups is 1. The molecule has 8 heteroatoms. The van der Waals surface area contributed by atoms with Gasteiger partial charge in [-0.3, -0.25) is 4.90 Å². The summed E-state index contributed by atoms with van der Waals surface area (Å²) in [7, 11) is 1.62. The Morgan fingerprint density at radius 1 is 1.14 bits per heavy atom. The highest BCUT2D eigenvalue weighted by Gasteiger charge is 2.35. The topological polar surface area (TPSA) is 89.7 Å². The third-order valence-corrected chi connectivity index (χ3v) is 5.93. The number of methoxy groups -OCH3 is 1. The van der Waals surface area contributed by atoms with E-state index in [0.29, 0.717) is 37.0 Å². The lowest BCUT2D eigenvalue weighted by molar-refractivity contribution is 0.0736. The Bertz CT molecular complexity index is 1220. The quantitative estimate of drug-likeness (QED) is 0.418. The van der Waals surface area contributed by atoms with Gasteiger partial charge >= 0.3 is 6.03 Å². The Morgan fingerprint density at radius 2 is 1.94 bits per heavy atom. The largest absolute Gasteiger partial charge is 0.497 e. The van der Waals surface area contributed by atoms with Crippen LogP contribution in [0.1, 0.15) is 50.3 Å². The van der Waals surface area contributed by atoms with Gasteiger partial charge in [-0.25, -0.2) is 4.79 Å². The standard InChI is InChI=1S/C27H32N4O4/c1-17(2)34-14-8-13-31-19(4)23(24(28-27(31)32)20-10-7-12-22(16-20)33-5)26-29-25(30-35-26)21-11-6-9-18(3)15-21/h6-7,9-12,15-17,24H,8,13-14H2,1-5H3,(H,28,32). The number of hydrogen-bond acceptors (Lipinski definition) is 6. The van der Waals surface area contributed by atoms with Gasteiger partial charge in [0.15, 0.2) is 0 Å². The smallest absolute Gasteiger partial charge is 0.322 e. The van der Waals surface area contributed by atoms with Gasteiger partial charge in [0, 0.05) is 24.4 Å². The first-order valence-electron chi connectivity index (χ1n) is 11.8. The number of hydrogen-bond donors (Lipinski definition) is 1. The van der Waals surface area contributed by atoms with Gasteiger partial charge in [0.2, 0.25) is 5.82 Å². The highest BCUT2D eigenvalue weighted by atomic mass is 16.5. The van der Waals surface area contributed by atoms with E-state index in [9.17, 15) is 4.79 Å². The van der Waals surface area contributed by atoms with E-state index in [-0.39, 0.29) is 12.1 Å². The first kappa shape index (κ1) is 24.5. The fourth-order valence-electron chi connectivity index (χ4n) is 4.17. The van der Waals surface area contributed by atoms with Crippen molar-refractivity contribution in [1.82, 2.24) is 20.4 Å². The maximum Gasteiger partial charge on any atom is 0.322 e. The number of nitrogens with one attached hydrogen (secondary N) is 1. The predicted octanol–water partition coefficient (Wildman–Crippen LogP) is 5.37. The van der Waals surface area contributed by atoms with Crippen LogP contribution in [0.5, 0.6) is 5.75 Å². The van der Waals surface area contributed by atoms with Gasteiger partial charge < -0.3 is 19.3 Å². The summed E-state index contributed by atoms with van der Waals surface area (Å²) in [5.41, 5.74) is 4.38. The van der Waals surface area contributed by atoms with Crippen LogP contribution in [-0.4, -0.2) is 47.4 Å². The van der Waals surface area contributed by atoms with E-state index < -0.39 is 6.04 Å². The van der Waals surface area contributed by atoms with Crippen molar-refractivity contribution < 1.29 is 18.8 Å². The minimum Gasteiger partial charge on any atom is -0.497 e. The number of carbonyl (C=O) groups excluding carboxylic acids is 1. The molecule has 0 saturated carbocycles. The van der Waals surface area contributed by atoms with E-state index in [1.807, 2.05) is 76.2 Å². The molecule has 2 amide bonds. The molecule has 0 aliphatic carbocycles. The lowest BCUT2D eigenvalue weighted by Crippen LogP contribution is -2.46. The second-order valence-electron chi connectivity index (χ2n) is 8.88. The summed E-state index contributed by atoms with van der Waals surface area (Å²) >= 11 is 0. The highest BCUT2D eigenvalue weighted by molar-refractivity contribution is 5.87. The number of amides is 2. The highest BCUT2D eigenvalue weighted by Crippen LogP contribution is 2.38. The molecular weight excluding hydrogens is 444 g/mol. The number of ether oxygens (including phenoxy) is 2. The molecular formula is C27H32N4O4. The molecule has 0 bridgehead atoms. The molecule has 3 aromatic rings. The third-order valence-electron chi connectivity index (χ3n) is 5.93. The van der Waals surface area contributed by atoms with Crippen LogP contribution in [0.25, 0.3) is 17.0 Å². The summed E-state index contributed by atoms with van der Waals surface area (Å²) < 4.78 is 16.8. The zero-order valence-electron chi connectivity index (χ0n) is 20.9. The Balaban J connectivity index is 1.73. The first-order chi connectivity index (χ1) is 16.9. The van der Waals surface area contributed by atoms with E-state index in [1.165, 1.54) is 0 Å². The minimum absolute atomic E-state index is 0.147. The average Bonchev–Trinajstić information content (AvgIpc) is 3.33. The maximum atomic E-state index is 13.2. The van der Waals surface area contributed by atoms with Crippen LogP contribution in [0.4, 0.5) is 4.79 Å². The molecule has 1 atom stereocenters. The van der Waals surface area contributed by atoms with Crippen molar-refractivity contribution >= 4 is 11.6 Å². The maximum absolute atomic E-state index is 13.2. The summed E-state index contributed by atoms with van der Waals surface area (Å²) in [5.74, 6) is 1.57. The zero-order chi connectivity index (χ0) is 24.9. The van der Waals surface area contributed by atoms with Crippen LogP contribution in [0.3, 0.4) is 0 Å². The molecule has 184 valence electrons. The van der Waals surface area contributed by atoms with Crippen LogP contribution >= 0.6 is 0 Å². The molecule has 35 heavy (non-hydrogen) atoms. The molecule has 1 aromatic heterocycles. The molecule has 1 aliphatic rings. The monoisotopic (exact) mass is 476 g/mol. The number of benzene rings is 2. The molecule has 1 aliphatic heterocycles. The zero-order valence-corrected chi connectivity index (χ0v) is 20.9. The van der Waals surface area contributed by atoms with Crippen LogP contribution in [-0.2, 0) is 4.74 Å². The average molecular weight is 477 g/mol. The van der Waals surface area contributed by atoms with Gasteiger partial charge in [0.05, 0.1) is 24.8 Å². The summed E-state index contributed by atoms with van der Waals surface area (Å²) in [6, 6.07) is 14.9. The second-order valence-corrected chi connectivity index (χ2v) is 8.88. The van der Waals surface area contributed by atoms with E-state index in [2.05, 4.69) is 10.5 Å². The van der Waals surface area contributed by atoms with Crippen molar-refractivity contribution in [2.75, 3.05) is 20.3 Å². The number of aromatic nitrogens is 2. The van der Waals surface area contributed by atoms with Gasteiger partial charge in [0.25, 0.3) is 5.89 Å². The number of allylic oxidation sites excluding steroid dienone is 1. The van der Waals surface area contributed by atoms with Gasteiger partial charge in [0.1, 0.15) is 5.75 Å². The van der Waals surface area contributed by atoms with E-state index in [4.69, 9.17) is 19.0 Å². The Labute approximate surface area is 205 Å². The summed E-state index contributed by atoms with van der Waals surface area (Å²) in [6.07, 6.45) is 0.853. The van der Waals surface area contributed by atoms with Crippen LogP contribution in [0.2, 0.25) is 0 Å². The molecule has 1 unspecified atom stereocenters. The molecule has 2 aromatic carbocycles. The van der Waals surface area contributed by atoms with Crippen molar-refractivity contribution in [3.05, 3.63) is 71.2 Å². The van der Waals surface area contributed by atoms with Crippen molar-refractivity contribution in [1.29, 1.82) is 0 Å². The van der Waals surface area contributed by atoms with Gasteiger partial charge in [-0.1, -0.05) is 41.1 Å². The molecule has 4 rings (SSSR count). The number of nitrogens with zero attached hydrogens (tertiary/aromatic N) is 3. The van der Waals surface area contributed by atoms with Gasteiger partial charge in [-0.15, -0.1) is 0 Å². The Kier molecular flexibility index (Phi) is 7.51. The van der Waals surface area contributed by atoms with Crippen LogP contribution < -0.4 is 10.1 Å².